The molecule has 0 bridgehead atoms. The highest BCUT2D eigenvalue weighted by atomic mass is 16.8. The molecule has 0 aromatic carbocycles. The minimum atomic E-state index is -2.35. The second kappa shape index (κ2) is 13.7. The topological polar surface area (TPSA) is 332 Å². The molecule has 3 rings (SSSR count). The van der Waals surface area contributed by atoms with E-state index >= 15 is 0 Å². The standard InChI is InChI=1S/C22H30O21/c1-3(23)37-10-7(27)13(17(30)31)41-22(9(10)29)40-11-5(25)6(26)21(43-15(11)18(32)33)42-14-12(38-4(2)24)8(28)20(36)39-16(14)19(34)35/h5-16,20-22,25-29,36H,1-2H3,(H,30,31)(H,32,33)(H,34,35)/t5-,6-,7-,8-,9-,10+,11-,12-,13+,14-,15+,16+,20+,21+,22+/m1/s1. The van der Waals surface area contributed by atoms with Crippen molar-refractivity contribution in [2.24, 2.45) is 0 Å². The third-order valence-electron chi connectivity index (χ3n) is 6.54. The lowest BCUT2D eigenvalue weighted by Gasteiger charge is -2.47. The van der Waals surface area contributed by atoms with Gasteiger partial charge in [0.2, 0.25) is 0 Å². The summed E-state index contributed by atoms with van der Waals surface area (Å²) in [6.45, 7) is 1.73. The summed E-state index contributed by atoms with van der Waals surface area (Å²) in [4.78, 5) is 58.4. The zero-order chi connectivity index (χ0) is 32.5. The summed E-state index contributed by atoms with van der Waals surface area (Å²) < 4.78 is 35.1. The molecule has 3 heterocycles. The van der Waals surface area contributed by atoms with Crippen LogP contribution in [-0.2, 0) is 57.1 Å². The van der Waals surface area contributed by atoms with Gasteiger partial charge >= 0.3 is 29.8 Å². The average molecular weight is 630 g/mol. The molecular formula is C22H30O21. The minimum absolute atomic E-state index is 0.862. The van der Waals surface area contributed by atoms with E-state index in [1.54, 1.807) is 0 Å². The molecule has 0 aliphatic carbocycles. The predicted molar refractivity (Wildman–Crippen MR) is 122 cm³/mol. The van der Waals surface area contributed by atoms with Crippen molar-refractivity contribution in [2.75, 3.05) is 0 Å². The van der Waals surface area contributed by atoms with Crippen molar-refractivity contribution < 1.29 is 103 Å². The largest absolute Gasteiger partial charge is 0.479 e. The quantitative estimate of drug-likeness (QED) is 0.107. The predicted octanol–water partition coefficient (Wildman–Crippen LogP) is -6.15. The number of esters is 2. The van der Waals surface area contributed by atoms with E-state index in [0.717, 1.165) is 13.8 Å². The Bertz CT molecular complexity index is 1070. The van der Waals surface area contributed by atoms with Crippen LogP contribution in [0.2, 0.25) is 0 Å². The molecule has 0 aromatic rings. The normalized spacial score (nSPS) is 43.3. The number of carboxylic acids is 3. The van der Waals surface area contributed by atoms with Gasteiger partial charge in [0.15, 0.2) is 49.4 Å². The number of aliphatic hydroxyl groups excluding tert-OH is 6. The number of carbonyl (C=O) groups is 5. The van der Waals surface area contributed by atoms with E-state index in [-0.39, 0.29) is 0 Å². The molecule has 0 saturated carbocycles. The first-order chi connectivity index (χ1) is 20.0. The molecule has 43 heavy (non-hydrogen) atoms. The molecule has 9 N–H and O–H groups in total. The fourth-order valence-corrected chi connectivity index (χ4v) is 4.61. The molecular weight excluding hydrogens is 600 g/mol. The van der Waals surface area contributed by atoms with Crippen LogP contribution in [0.1, 0.15) is 13.8 Å². The Morgan fingerprint density at radius 3 is 1.44 bits per heavy atom. The molecule has 3 saturated heterocycles. The van der Waals surface area contributed by atoms with Gasteiger partial charge in [0.1, 0.15) is 42.7 Å². The van der Waals surface area contributed by atoms with Gasteiger partial charge in [-0.3, -0.25) is 9.59 Å². The van der Waals surface area contributed by atoms with E-state index in [1.165, 1.54) is 0 Å². The molecule has 3 aliphatic rings. The fraction of sp³-hybridized carbons (Fsp3) is 0.773. The molecule has 3 aliphatic heterocycles. The number of carbonyl (C=O) groups excluding carboxylic acids is 2. The average Bonchev–Trinajstić information content (AvgIpc) is 2.90. The smallest absolute Gasteiger partial charge is 0.335 e. The summed E-state index contributed by atoms with van der Waals surface area (Å²) in [5, 5.41) is 91.0. The number of aliphatic carboxylic acids is 3. The third kappa shape index (κ3) is 7.35. The zero-order valence-electron chi connectivity index (χ0n) is 22.1. The molecule has 0 aromatic heterocycles. The van der Waals surface area contributed by atoms with Gasteiger partial charge in [-0.25, -0.2) is 14.4 Å². The molecule has 244 valence electrons. The first kappa shape index (κ1) is 34.4. The van der Waals surface area contributed by atoms with Crippen molar-refractivity contribution in [1.29, 1.82) is 0 Å². The lowest BCUT2D eigenvalue weighted by Crippen LogP contribution is -2.68. The molecule has 0 spiro atoms. The van der Waals surface area contributed by atoms with Gasteiger partial charge < -0.3 is 79.1 Å². The molecule has 21 heteroatoms. The van der Waals surface area contributed by atoms with Crippen molar-refractivity contribution in [3.8, 4) is 0 Å². The number of hydrogen-bond donors (Lipinski definition) is 9. The Balaban J connectivity index is 1.88. The van der Waals surface area contributed by atoms with Gasteiger partial charge in [0.05, 0.1) is 0 Å². The number of ether oxygens (including phenoxy) is 7. The Labute approximate surface area is 239 Å². The highest BCUT2D eigenvalue weighted by Crippen LogP contribution is 2.33. The summed E-state index contributed by atoms with van der Waals surface area (Å²) in [6, 6.07) is 0. The number of aliphatic hydroxyl groups is 6. The van der Waals surface area contributed by atoms with Gasteiger partial charge in [-0.2, -0.15) is 0 Å². The lowest BCUT2D eigenvalue weighted by atomic mass is 9.95. The third-order valence-corrected chi connectivity index (χ3v) is 6.54. The van der Waals surface area contributed by atoms with E-state index in [2.05, 4.69) is 0 Å². The zero-order valence-corrected chi connectivity index (χ0v) is 22.1. The second-order valence-corrected chi connectivity index (χ2v) is 9.61. The SMILES string of the molecule is CC(=O)O[C@H]1[C@@H](O)[C@@H](C(=O)O)O[C@H](O[C@@H]2[C@H](O)[C@@H](O)[C@@H](O[C@@H]3[C@H](OC(C)=O)[C@@H](O)[C@@H](O)O[C@@H]3C(=O)O)O[C@@H]2C(=O)O)[C@@H]1O. The van der Waals surface area contributed by atoms with Gasteiger partial charge in [-0.15, -0.1) is 0 Å². The maximum Gasteiger partial charge on any atom is 0.335 e. The monoisotopic (exact) mass is 630 g/mol. The van der Waals surface area contributed by atoms with E-state index in [1.807, 2.05) is 0 Å². The molecule has 0 radical (unpaired) electrons. The van der Waals surface area contributed by atoms with Crippen LogP contribution in [-0.4, -0.2) is 168 Å². The van der Waals surface area contributed by atoms with Crippen LogP contribution in [0, 0.1) is 0 Å². The molecule has 21 nitrogen and oxygen atoms in total. The van der Waals surface area contributed by atoms with E-state index in [9.17, 15) is 69.9 Å². The van der Waals surface area contributed by atoms with Crippen molar-refractivity contribution in [1.82, 2.24) is 0 Å². The Morgan fingerprint density at radius 1 is 0.488 bits per heavy atom. The first-order valence-corrected chi connectivity index (χ1v) is 12.3. The van der Waals surface area contributed by atoms with Crippen LogP contribution in [0.4, 0.5) is 0 Å². The van der Waals surface area contributed by atoms with Crippen molar-refractivity contribution in [3.63, 3.8) is 0 Å². The lowest BCUT2D eigenvalue weighted by molar-refractivity contribution is -0.368. The maximum absolute atomic E-state index is 12.1. The Hall–Kier alpha value is -3.09. The van der Waals surface area contributed by atoms with Gasteiger partial charge in [0, 0.05) is 13.8 Å². The summed E-state index contributed by atoms with van der Waals surface area (Å²) in [6.07, 6.45) is -32.7. The van der Waals surface area contributed by atoms with E-state index in [4.69, 9.17) is 33.2 Å². The highest BCUT2D eigenvalue weighted by Gasteiger charge is 2.57. The van der Waals surface area contributed by atoms with Gasteiger partial charge in [0.25, 0.3) is 0 Å². The Kier molecular flexibility index (Phi) is 11.0. The summed E-state index contributed by atoms with van der Waals surface area (Å²) in [7, 11) is 0. The Morgan fingerprint density at radius 2 is 0.930 bits per heavy atom. The maximum atomic E-state index is 12.1. The number of hydrogen-bond acceptors (Lipinski definition) is 18. The summed E-state index contributed by atoms with van der Waals surface area (Å²) >= 11 is 0. The van der Waals surface area contributed by atoms with Crippen LogP contribution in [0.3, 0.4) is 0 Å². The van der Waals surface area contributed by atoms with Crippen LogP contribution in [0.5, 0.6) is 0 Å². The molecule has 0 amide bonds. The molecule has 3 fully saturated rings. The van der Waals surface area contributed by atoms with Crippen LogP contribution in [0.15, 0.2) is 0 Å². The second-order valence-electron chi connectivity index (χ2n) is 9.61. The fourth-order valence-electron chi connectivity index (χ4n) is 4.61. The highest BCUT2D eigenvalue weighted by molar-refractivity contribution is 5.75. The van der Waals surface area contributed by atoms with Crippen LogP contribution in [0.25, 0.3) is 0 Å². The summed E-state index contributed by atoms with van der Waals surface area (Å²) in [5.74, 6) is -7.70. The number of carboxylic acid groups (broad SMARTS) is 3. The van der Waals surface area contributed by atoms with Crippen LogP contribution >= 0.6 is 0 Å². The van der Waals surface area contributed by atoms with Crippen LogP contribution < -0.4 is 0 Å². The summed E-state index contributed by atoms with van der Waals surface area (Å²) in [5.41, 5.74) is 0. The van der Waals surface area contributed by atoms with Crippen molar-refractivity contribution in [2.45, 2.75) is 106 Å². The minimum Gasteiger partial charge on any atom is -0.479 e. The number of rotatable bonds is 9. The molecule has 15 atom stereocenters. The van der Waals surface area contributed by atoms with E-state index < -0.39 is 122 Å². The van der Waals surface area contributed by atoms with E-state index in [0.29, 0.717) is 0 Å². The van der Waals surface area contributed by atoms with Gasteiger partial charge in [-0.1, -0.05) is 0 Å². The van der Waals surface area contributed by atoms with Gasteiger partial charge in [-0.05, 0) is 0 Å². The van der Waals surface area contributed by atoms with Crippen molar-refractivity contribution >= 4 is 29.8 Å². The molecule has 0 unspecified atom stereocenters. The van der Waals surface area contributed by atoms with Crippen molar-refractivity contribution in [3.05, 3.63) is 0 Å². The first-order valence-electron chi connectivity index (χ1n) is 12.3.